The number of halogens is 1. The second kappa shape index (κ2) is 7.11. The fourth-order valence-electron chi connectivity index (χ4n) is 2.93. The van der Waals surface area contributed by atoms with Crippen molar-refractivity contribution in [2.45, 2.75) is 19.9 Å². The highest BCUT2D eigenvalue weighted by atomic mass is 35.5. The maximum absolute atomic E-state index is 12.8. The van der Waals surface area contributed by atoms with E-state index in [1.54, 1.807) is 6.20 Å². The van der Waals surface area contributed by atoms with Crippen LogP contribution in [-0.2, 0) is 7.05 Å². The number of aromatic nitrogens is 2. The highest BCUT2D eigenvalue weighted by Crippen LogP contribution is 2.23. The van der Waals surface area contributed by atoms with Gasteiger partial charge in [-0.2, -0.15) is 0 Å². The predicted molar refractivity (Wildman–Crippen MR) is 99.9 cm³/mol. The van der Waals surface area contributed by atoms with Gasteiger partial charge in [-0.15, -0.1) is 0 Å². The van der Waals surface area contributed by atoms with Crippen molar-refractivity contribution in [2.24, 2.45) is 7.05 Å². The summed E-state index contributed by atoms with van der Waals surface area (Å²) in [5, 5.41) is 3.76. The molecular formula is C20H20ClN3O. The van der Waals surface area contributed by atoms with Crippen LogP contribution in [0.3, 0.4) is 0 Å². The number of amides is 1. The molecule has 0 saturated heterocycles. The number of hydrogen-bond acceptors (Lipinski definition) is 2. The summed E-state index contributed by atoms with van der Waals surface area (Å²) in [6.07, 6.45) is 3.59. The van der Waals surface area contributed by atoms with E-state index in [0.717, 1.165) is 22.5 Å². The molecule has 4 nitrogen and oxygen atoms in total. The minimum absolute atomic E-state index is 0.130. The quantitative estimate of drug-likeness (QED) is 0.763. The summed E-state index contributed by atoms with van der Waals surface area (Å²) in [5.41, 5.74) is 3.69. The summed E-state index contributed by atoms with van der Waals surface area (Å²) in [6.45, 7) is 3.97. The van der Waals surface area contributed by atoms with Crippen LogP contribution < -0.4 is 5.32 Å². The van der Waals surface area contributed by atoms with Crippen LogP contribution in [0.25, 0.3) is 0 Å². The molecule has 128 valence electrons. The van der Waals surface area contributed by atoms with Gasteiger partial charge in [0, 0.05) is 30.0 Å². The van der Waals surface area contributed by atoms with Crippen molar-refractivity contribution in [3.8, 4) is 0 Å². The summed E-state index contributed by atoms with van der Waals surface area (Å²) >= 11 is 6.00. The van der Waals surface area contributed by atoms with Crippen molar-refractivity contribution < 1.29 is 4.79 Å². The number of hydrogen-bond donors (Lipinski definition) is 1. The van der Waals surface area contributed by atoms with Gasteiger partial charge in [0.25, 0.3) is 5.91 Å². The lowest BCUT2D eigenvalue weighted by Crippen LogP contribution is -2.31. The van der Waals surface area contributed by atoms with Crippen molar-refractivity contribution in [3.05, 3.63) is 88.0 Å². The number of aryl methyl sites for hydroxylation is 3. The van der Waals surface area contributed by atoms with Gasteiger partial charge in [0.05, 0.1) is 0 Å². The van der Waals surface area contributed by atoms with Crippen LogP contribution >= 0.6 is 11.6 Å². The molecular weight excluding hydrogens is 334 g/mol. The molecule has 1 atom stereocenters. The molecule has 1 unspecified atom stereocenters. The molecule has 1 aromatic heterocycles. The molecule has 0 aliphatic rings. The average molecular weight is 354 g/mol. The zero-order valence-electron chi connectivity index (χ0n) is 14.5. The number of benzene rings is 2. The standard InChI is InChI=1S/C20H20ClN3O/c1-13-10-14(2)12-16(11-13)20(25)23-18(19-22-8-9-24(19)3)15-4-6-17(21)7-5-15/h4-12,18H,1-3H3,(H,23,25). The van der Waals surface area contributed by atoms with E-state index in [2.05, 4.69) is 10.3 Å². The SMILES string of the molecule is Cc1cc(C)cc(C(=O)NC(c2ccc(Cl)cc2)c2nccn2C)c1. The van der Waals surface area contributed by atoms with E-state index in [1.807, 2.05) is 74.1 Å². The third kappa shape index (κ3) is 3.91. The van der Waals surface area contributed by atoms with E-state index in [0.29, 0.717) is 10.6 Å². The number of carbonyl (C=O) groups is 1. The molecule has 5 heteroatoms. The van der Waals surface area contributed by atoms with E-state index in [1.165, 1.54) is 0 Å². The van der Waals surface area contributed by atoms with E-state index in [-0.39, 0.29) is 11.9 Å². The van der Waals surface area contributed by atoms with Crippen LogP contribution in [0.2, 0.25) is 5.02 Å². The van der Waals surface area contributed by atoms with Gasteiger partial charge < -0.3 is 9.88 Å². The van der Waals surface area contributed by atoms with Gasteiger partial charge >= 0.3 is 0 Å². The Morgan fingerprint density at radius 3 is 2.32 bits per heavy atom. The first kappa shape index (κ1) is 17.2. The number of rotatable bonds is 4. The first-order valence-electron chi connectivity index (χ1n) is 8.06. The lowest BCUT2D eigenvalue weighted by molar-refractivity contribution is 0.0941. The van der Waals surface area contributed by atoms with Gasteiger partial charge in [0.2, 0.25) is 0 Å². The minimum atomic E-state index is -0.356. The Hall–Kier alpha value is -2.59. The van der Waals surface area contributed by atoms with E-state index < -0.39 is 0 Å². The van der Waals surface area contributed by atoms with Gasteiger partial charge in [-0.1, -0.05) is 40.9 Å². The van der Waals surface area contributed by atoms with Gasteiger partial charge in [0.15, 0.2) is 0 Å². The molecule has 3 rings (SSSR count). The smallest absolute Gasteiger partial charge is 0.252 e. The molecule has 2 aromatic carbocycles. The Bertz CT molecular complexity index is 879. The van der Waals surface area contributed by atoms with Crippen LogP contribution in [0.1, 0.15) is 38.9 Å². The predicted octanol–water partition coefficient (Wildman–Crippen LogP) is 4.21. The van der Waals surface area contributed by atoms with Crippen molar-refractivity contribution in [1.29, 1.82) is 0 Å². The number of carbonyl (C=O) groups excluding carboxylic acids is 1. The summed E-state index contributed by atoms with van der Waals surface area (Å²) in [7, 11) is 1.91. The third-order valence-corrected chi connectivity index (χ3v) is 4.33. The van der Waals surface area contributed by atoms with E-state index in [9.17, 15) is 4.79 Å². The highest BCUT2D eigenvalue weighted by molar-refractivity contribution is 6.30. The van der Waals surface area contributed by atoms with E-state index >= 15 is 0 Å². The molecule has 0 saturated carbocycles. The summed E-state index contributed by atoms with van der Waals surface area (Å²) < 4.78 is 1.90. The lowest BCUT2D eigenvalue weighted by Gasteiger charge is -2.19. The lowest BCUT2D eigenvalue weighted by atomic mass is 10.0. The van der Waals surface area contributed by atoms with Crippen molar-refractivity contribution in [2.75, 3.05) is 0 Å². The van der Waals surface area contributed by atoms with Crippen LogP contribution in [0.15, 0.2) is 54.9 Å². The first-order chi connectivity index (χ1) is 11.9. The molecule has 1 amide bonds. The van der Waals surface area contributed by atoms with Gasteiger partial charge in [-0.05, 0) is 43.7 Å². The summed E-state index contributed by atoms with van der Waals surface area (Å²) in [6, 6.07) is 12.9. The van der Waals surface area contributed by atoms with Gasteiger partial charge in [-0.25, -0.2) is 4.98 Å². The normalized spacial score (nSPS) is 12.0. The fourth-order valence-corrected chi connectivity index (χ4v) is 3.05. The Balaban J connectivity index is 1.96. The van der Waals surface area contributed by atoms with Crippen molar-refractivity contribution in [3.63, 3.8) is 0 Å². The fraction of sp³-hybridized carbons (Fsp3) is 0.200. The highest BCUT2D eigenvalue weighted by Gasteiger charge is 2.21. The Labute approximate surface area is 152 Å². The number of nitrogens with one attached hydrogen (secondary N) is 1. The molecule has 0 spiro atoms. The van der Waals surface area contributed by atoms with Gasteiger partial charge in [0.1, 0.15) is 11.9 Å². The molecule has 0 aliphatic heterocycles. The topological polar surface area (TPSA) is 46.9 Å². The molecule has 0 fully saturated rings. The second-order valence-corrected chi connectivity index (χ2v) is 6.67. The van der Waals surface area contributed by atoms with Gasteiger partial charge in [-0.3, -0.25) is 4.79 Å². The Morgan fingerprint density at radius 1 is 1.12 bits per heavy atom. The zero-order valence-corrected chi connectivity index (χ0v) is 15.2. The molecule has 1 N–H and O–H groups in total. The van der Waals surface area contributed by atoms with Crippen molar-refractivity contribution >= 4 is 17.5 Å². The molecule has 3 aromatic rings. The second-order valence-electron chi connectivity index (χ2n) is 6.23. The maximum atomic E-state index is 12.8. The van der Waals surface area contributed by atoms with Crippen LogP contribution in [0.5, 0.6) is 0 Å². The molecule has 0 aliphatic carbocycles. The monoisotopic (exact) mass is 353 g/mol. The Kier molecular flexibility index (Phi) is 4.91. The average Bonchev–Trinajstić information content (AvgIpc) is 2.98. The zero-order chi connectivity index (χ0) is 18.0. The van der Waals surface area contributed by atoms with Crippen LogP contribution in [-0.4, -0.2) is 15.5 Å². The van der Waals surface area contributed by atoms with Crippen LogP contribution in [0, 0.1) is 13.8 Å². The first-order valence-corrected chi connectivity index (χ1v) is 8.43. The van der Waals surface area contributed by atoms with E-state index in [4.69, 9.17) is 11.6 Å². The molecule has 0 bridgehead atoms. The summed E-state index contributed by atoms with van der Waals surface area (Å²) in [4.78, 5) is 17.2. The third-order valence-electron chi connectivity index (χ3n) is 4.08. The maximum Gasteiger partial charge on any atom is 0.252 e. The number of imidazole rings is 1. The number of nitrogens with zero attached hydrogens (tertiary/aromatic N) is 2. The largest absolute Gasteiger partial charge is 0.338 e. The molecule has 25 heavy (non-hydrogen) atoms. The minimum Gasteiger partial charge on any atom is -0.338 e. The summed E-state index contributed by atoms with van der Waals surface area (Å²) in [5.74, 6) is 0.634. The molecule has 1 heterocycles. The van der Waals surface area contributed by atoms with Crippen molar-refractivity contribution in [1.82, 2.24) is 14.9 Å². The van der Waals surface area contributed by atoms with Crippen LogP contribution in [0.4, 0.5) is 0 Å². The molecule has 0 radical (unpaired) electrons. The Morgan fingerprint density at radius 2 is 1.76 bits per heavy atom.